The number of ketones is 1. The molecule has 3 rings (SSSR count). The van der Waals surface area contributed by atoms with Crippen molar-refractivity contribution in [2.24, 2.45) is 0 Å². The molecule has 1 heterocycles. The summed E-state index contributed by atoms with van der Waals surface area (Å²) >= 11 is 0. The molecular weight excluding hydrogens is 350 g/mol. The Morgan fingerprint density at radius 1 is 1.07 bits per heavy atom. The Kier molecular flexibility index (Phi) is 5.35. The Labute approximate surface area is 155 Å². The fourth-order valence-corrected chi connectivity index (χ4v) is 2.65. The number of carbonyl (C=O) groups excluding carboxylic acids is 2. The summed E-state index contributed by atoms with van der Waals surface area (Å²) in [6.45, 7) is 2.23. The normalized spacial score (nSPS) is 10.6. The van der Waals surface area contributed by atoms with Crippen LogP contribution in [0.15, 0.2) is 36.4 Å². The molecule has 3 aromatic rings. The van der Waals surface area contributed by atoms with Gasteiger partial charge in [0, 0.05) is 12.6 Å². The van der Waals surface area contributed by atoms with Crippen LogP contribution in [0.1, 0.15) is 27.6 Å². The number of hydrogen-bond acceptors (Lipinski definition) is 7. The number of ether oxygens (including phenoxy) is 3. The summed E-state index contributed by atoms with van der Waals surface area (Å²) in [4.78, 5) is 24.7. The highest BCUT2D eigenvalue weighted by Crippen LogP contribution is 2.25. The number of methoxy groups -OCH3 is 2. The van der Waals surface area contributed by atoms with Gasteiger partial charge in [-0.2, -0.15) is 0 Å². The molecule has 140 valence electrons. The number of nitrogens with zero attached hydrogens (tertiary/aromatic N) is 3. The van der Waals surface area contributed by atoms with Crippen LogP contribution in [0.2, 0.25) is 0 Å². The molecule has 0 unspecified atom stereocenters. The van der Waals surface area contributed by atoms with Gasteiger partial charge in [0.15, 0.2) is 6.61 Å². The van der Waals surface area contributed by atoms with E-state index in [1.54, 1.807) is 41.1 Å². The van der Waals surface area contributed by atoms with Gasteiger partial charge in [0.25, 0.3) is 0 Å². The molecule has 0 N–H and O–H groups in total. The molecule has 0 radical (unpaired) electrons. The first kappa shape index (κ1) is 18.4. The standard InChI is InChI=1S/C19H19N3O5/c1-4-22-16-8-5-12(9-15(16)20-21-22)19(24)27-11-17(23)14-7-6-13(25-2)10-18(14)26-3/h5-10H,4,11H2,1-3H3. The van der Waals surface area contributed by atoms with Crippen molar-refractivity contribution in [3.63, 3.8) is 0 Å². The highest BCUT2D eigenvalue weighted by Gasteiger charge is 2.17. The third-order valence-corrected chi connectivity index (χ3v) is 4.09. The van der Waals surface area contributed by atoms with E-state index in [1.807, 2.05) is 6.92 Å². The monoisotopic (exact) mass is 369 g/mol. The average Bonchev–Trinajstić information content (AvgIpc) is 3.13. The van der Waals surface area contributed by atoms with E-state index in [4.69, 9.17) is 14.2 Å². The van der Waals surface area contributed by atoms with Gasteiger partial charge in [-0.1, -0.05) is 5.21 Å². The summed E-state index contributed by atoms with van der Waals surface area (Å²) in [5, 5.41) is 8.02. The van der Waals surface area contributed by atoms with Crippen molar-refractivity contribution in [1.82, 2.24) is 15.0 Å². The van der Waals surface area contributed by atoms with Gasteiger partial charge in [0.2, 0.25) is 5.78 Å². The van der Waals surface area contributed by atoms with Crippen LogP contribution >= 0.6 is 0 Å². The van der Waals surface area contributed by atoms with E-state index in [0.29, 0.717) is 34.7 Å². The summed E-state index contributed by atoms with van der Waals surface area (Å²) < 4.78 is 17.2. The molecule has 0 spiro atoms. The summed E-state index contributed by atoms with van der Waals surface area (Å²) in [6, 6.07) is 9.78. The molecule has 8 heteroatoms. The van der Waals surface area contributed by atoms with Crippen LogP contribution in [0.3, 0.4) is 0 Å². The third kappa shape index (κ3) is 3.74. The zero-order valence-corrected chi connectivity index (χ0v) is 15.3. The molecule has 0 bridgehead atoms. The minimum Gasteiger partial charge on any atom is -0.497 e. The van der Waals surface area contributed by atoms with Crippen molar-refractivity contribution >= 4 is 22.8 Å². The van der Waals surface area contributed by atoms with Gasteiger partial charge in [-0.05, 0) is 37.3 Å². The number of Topliss-reactive ketones (excluding diaryl/α,β-unsaturated/α-hetero) is 1. The molecule has 0 aliphatic heterocycles. The number of carbonyl (C=O) groups is 2. The predicted molar refractivity (Wildman–Crippen MR) is 97.4 cm³/mol. The van der Waals surface area contributed by atoms with E-state index in [1.165, 1.54) is 14.2 Å². The molecule has 1 aromatic heterocycles. The number of hydrogen-bond donors (Lipinski definition) is 0. The SMILES string of the molecule is CCn1nnc2cc(C(=O)OCC(=O)c3ccc(OC)cc3OC)ccc21. The summed E-state index contributed by atoms with van der Waals surface area (Å²) in [6.07, 6.45) is 0. The minimum atomic E-state index is -0.608. The molecule has 27 heavy (non-hydrogen) atoms. The van der Waals surface area contributed by atoms with Crippen LogP contribution < -0.4 is 9.47 Å². The molecule has 0 aliphatic carbocycles. The lowest BCUT2D eigenvalue weighted by Gasteiger charge is -2.10. The number of benzene rings is 2. The fraction of sp³-hybridized carbons (Fsp3) is 0.263. The van der Waals surface area contributed by atoms with Crippen LogP contribution in [-0.2, 0) is 11.3 Å². The van der Waals surface area contributed by atoms with E-state index < -0.39 is 12.6 Å². The largest absolute Gasteiger partial charge is 0.497 e. The number of fused-ring (bicyclic) bond motifs is 1. The Hall–Kier alpha value is -3.42. The van der Waals surface area contributed by atoms with Crippen molar-refractivity contribution < 1.29 is 23.8 Å². The predicted octanol–water partition coefficient (Wildman–Crippen LogP) is 2.51. The number of aryl methyl sites for hydroxylation is 1. The van der Waals surface area contributed by atoms with E-state index in [9.17, 15) is 9.59 Å². The minimum absolute atomic E-state index is 0.306. The molecule has 0 fully saturated rings. The number of esters is 1. The Morgan fingerprint density at radius 2 is 1.89 bits per heavy atom. The molecule has 0 atom stereocenters. The Balaban J connectivity index is 1.71. The summed E-state index contributed by atoms with van der Waals surface area (Å²) in [5.41, 5.74) is 2.04. The zero-order chi connectivity index (χ0) is 19.4. The van der Waals surface area contributed by atoms with Crippen molar-refractivity contribution in [1.29, 1.82) is 0 Å². The van der Waals surface area contributed by atoms with Crippen LogP contribution in [0.5, 0.6) is 11.5 Å². The smallest absolute Gasteiger partial charge is 0.338 e. The Morgan fingerprint density at radius 3 is 2.59 bits per heavy atom. The topological polar surface area (TPSA) is 92.5 Å². The lowest BCUT2D eigenvalue weighted by atomic mass is 10.1. The molecule has 0 aliphatic rings. The van der Waals surface area contributed by atoms with Gasteiger partial charge in [-0.25, -0.2) is 9.48 Å². The second-order valence-corrected chi connectivity index (χ2v) is 5.67. The summed E-state index contributed by atoms with van der Waals surface area (Å²) in [7, 11) is 2.98. The van der Waals surface area contributed by atoms with Crippen LogP contribution in [0.25, 0.3) is 11.0 Å². The van der Waals surface area contributed by atoms with Gasteiger partial charge in [0.1, 0.15) is 17.0 Å². The van der Waals surface area contributed by atoms with Gasteiger partial charge in [-0.15, -0.1) is 5.10 Å². The number of rotatable bonds is 7. The molecule has 0 saturated carbocycles. The zero-order valence-electron chi connectivity index (χ0n) is 15.3. The van der Waals surface area contributed by atoms with Gasteiger partial charge < -0.3 is 14.2 Å². The third-order valence-electron chi connectivity index (χ3n) is 4.09. The van der Waals surface area contributed by atoms with Crippen LogP contribution in [-0.4, -0.2) is 47.6 Å². The maximum Gasteiger partial charge on any atom is 0.338 e. The maximum absolute atomic E-state index is 12.4. The van der Waals surface area contributed by atoms with E-state index >= 15 is 0 Å². The fourth-order valence-electron chi connectivity index (χ4n) is 2.65. The molecule has 8 nitrogen and oxygen atoms in total. The van der Waals surface area contributed by atoms with E-state index in [2.05, 4.69) is 10.3 Å². The van der Waals surface area contributed by atoms with Gasteiger partial charge >= 0.3 is 5.97 Å². The van der Waals surface area contributed by atoms with Gasteiger partial charge in [0.05, 0.1) is 30.9 Å². The molecule has 0 saturated heterocycles. The van der Waals surface area contributed by atoms with Gasteiger partial charge in [-0.3, -0.25) is 4.79 Å². The van der Waals surface area contributed by atoms with Crippen molar-refractivity contribution in [2.75, 3.05) is 20.8 Å². The lowest BCUT2D eigenvalue weighted by molar-refractivity contribution is 0.0474. The molecule has 2 aromatic carbocycles. The second-order valence-electron chi connectivity index (χ2n) is 5.67. The van der Waals surface area contributed by atoms with Crippen molar-refractivity contribution in [3.05, 3.63) is 47.5 Å². The van der Waals surface area contributed by atoms with Crippen molar-refractivity contribution in [3.8, 4) is 11.5 Å². The molecular formula is C19H19N3O5. The highest BCUT2D eigenvalue weighted by molar-refractivity contribution is 6.02. The van der Waals surface area contributed by atoms with Crippen LogP contribution in [0.4, 0.5) is 0 Å². The highest BCUT2D eigenvalue weighted by atomic mass is 16.5. The van der Waals surface area contributed by atoms with Crippen molar-refractivity contribution in [2.45, 2.75) is 13.5 Å². The first-order valence-corrected chi connectivity index (χ1v) is 8.33. The first-order valence-electron chi connectivity index (χ1n) is 8.33. The van der Waals surface area contributed by atoms with E-state index in [0.717, 1.165) is 5.52 Å². The summed E-state index contributed by atoms with van der Waals surface area (Å²) in [5.74, 6) is -0.0635. The second kappa shape index (κ2) is 7.86. The first-order chi connectivity index (χ1) is 13.1. The van der Waals surface area contributed by atoms with Crippen LogP contribution in [0, 0.1) is 0 Å². The quantitative estimate of drug-likeness (QED) is 0.467. The van der Waals surface area contributed by atoms with E-state index in [-0.39, 0.29) is 5.78 Å². The lowest BCUT2D eigenvalue weighted by Crippen LogP contribution is -2.15. The Bertz CT molecular complexity index is 996. The molecule has 0 amide bonds. The maximum atomic E-state index is 12.4. The number of aromatic nitrogens is 3. The average molecular weight is 369 g/mol.